The first-order chi connectivity index (χ1) is 14.0. The van der Waals surface area contributed by atoms with Crippen LogP contribution in [0.25, 0.3) is 0 Å². The van der Waals surface area contributed by atoms with E-state index in [1.165, 1.54) is 6.07 Å². The van der Waals surface area contributed by atoms with Gasteiger partial charge in [-0.2, -0.15) is 0 Å². The molecule has 0 radical (unpaired) electrons. The van der Waals surface area contributed by atoms with Crippen LogP contribution in [-0.4, -0.2) is 72.4 Å². The topological polar surface area (TPSA) is 39.7 Å². The standard InChI is InChI=1S/C23H31FN4O/c1-26(2)14-15-28(23(29)22-11-5-6-12-25-22)17-19-8-7-13-27(16-19)18-20-9-3-4-10-21(20)24/h3-6,9-12,19H,7-8,13-18H2,1-2H3/t19-/m1/s1. The van der Waals surface area contributed by atoms with Crippen LogP contribution in [0.3, 0.4) is 0 Å². The summed E-state index contributed by atoms with van der Waals surface area (Å²) >= 11 is 0. The molecule has 1 atom stereocenters. The number of aromatic nitrogens is 1. The number of benzene rings is 1. The molecule has 0 spiro atoms. The van der Waals surface area contributed by atoms with Crippen molar-refractivity contribution in [1.82, 2.24) is 19.7 Å². The maximum Gasteiger partial charge on any atom is 0.272 e. The largest absolute Gasteiger partial charge is 0.336 e. The molecule has 1 aliphatic rings. The predicted octanol–water partition coefficient (Wildman–Crippen LogP) is 3.14. The number of likely N-dealkylation sites (tertiary alicyclic amines) is 1. The lowest BCUT2D eigenvalue weighted by atomic mass is 9.96. The summed E-state index contributed by atoms with van der Waals surface area (Å²) in [6.45, 7) is 4.65. The second-order valence-electron chi connectivity index (χ2n) is 8.10. The van der Waals surface area contributed by atoms with Crippen LogP contribution in [0.1, 0.15) is 28.9 Å². The predicted molar refractivity (Wildman–Crippen MR) is 113 cm³/mol. The van der Waals surface area contributed by atoms with Gasteiger partial charge in [0.1, 0.15) is 11.5 Å². The molecule has 6 heteroatoms. The first-order valence-electron chi connectivity index (χ1n) is 10.3. The Kier molecular flexibility index (Phi) is 7.72. The van der Waals surface area contributed by atoms with Crippen LogP contribution in [0.15, 0.2) is 48.7 Å². The summed E-state index contributed by atoms with van der Waals surface area (Å²) in [4.78, 5) is 23.6. The van der Waals surface area contributed by atoms with Crippen molar-refractivity contribution in [1.29, 1.82) is 0 Å². The van der Waals surface area contributed by atoms with Crippen LogP contribution in [0.2, 0.25) is 0 Å². The Morgan fingerprint density at radius 3 is 2.69 bits per heavy atom. The third-order valence-electron chi connectivity index (χ3n) is 5.42. The van der Waals surface area contributed by atoms with Crippen LogP contribution in [0.4, 0.5) is 4.39 Å². The lowest BCUT2D eigenvalue weighted by Gasteiger charge is -2.36. The van der Waals surface area contributed by atoms with E-state index in [4.69, 9.17) is 0 Å². The summed E-state index contributed by atoms with van der Waals surface area (Å²) < 4.78 is 14.0. The molecule has 0 saturated carbocycles. The Balaban J connectivity index is 1.64. The van der Waals surface area contributed by atoms with E-state index in [2.05, 4.69) is 14.8 Å². The van der Waals surface area contributed by atoms with Crippen molar-refractivity contribution in [3.63, 3.8) is 0 Å². The van der Waals surface area contributed by atoms with Crippen LogP contribution < -0.4 is 0 Å². The van der Waals surface area contributed by atoms with E-state index >= 15 is 0 Å². The molecule has 1 fully saturated rings. The average molecular weight is 399 g/mol. The first kappa shape index (κ1) is 21.4. The average Bonchev–Trinajstić information content (AvgIpc) is 2.73. The third-order valence-corrected chi connectivity index (χ3v) is 5.42. The van der Waals surface area contributed by atoms with Crippen molar-refractivity contribution in [2.45, 2.75) is 19.4 Å². The Labute approximate surface area is 173 Å². The SMILES string of the molecule is CN(C)CCN(C[C@@H]1CCCN(Cc2ccccc2F)C1)C(=O)c1ccccn1. The maximum absolute atomic E-state index is 14.0. The summed E-state index contributed by atoms with van der Waals surface area (Å²) in [5, 5.41) is 0. The van der Waals surface area contributed by atoms with Gasteiger partial charge in [0, 0.05) is 44.5 Å². The fraction of sp³-hybridized carbons (Fsp3) is 0.478. The van der Waals surface area contributed by atoms with Gasteiger partial charge >= 0.3 is 0 Å². The Bertz CT molecular complexity index is 783. The summed E-state index contributed by atoms with van der Waals surface area (Å²) in [7, 11) is 4.03. The minimum absolute atomic E-state index is 0.0151. The van der Waals surface area contributed by atoms with E-state index in [-0.39, 0.29) is 11.7 Å². The fourth-order valence-corrected chi connectivity index (χ4v) is 3.87. The minimum Gasteiger partial charge on any atom is -0.336 e. The molecular weight excluding hydrogens is 367 g/mol. The zero-order valence-corrected chi connectivity index (χ0v) is 17.4. The van der Waals surface area contributed by atoms with Crippen LogP contribution in [0.5, 0.6) is 0 Å². The molecule has 0 N–H and O–H groups in total. The number of nitrogens with zero attached hydrogens (tertiary/aromatic N) is 4. The minimum atomic E-state index is -0.146. The van der Waals surface area contributed by atoms with E-state index in [1.54, 1.807) is 18.3 Å². The number of amides is 1. The van der Waals surface area contributed by atoms with Gasteiger partial charge in [0.2, 0.25) is 0 Å². The smallest absolute Gasteiger partial charge is 0.272 e. The summed E-state index contributed by atoms with van der Waals surface area (Å²) in [6.07, 6.45) is 3.81. The summed E-state index contributed by atoms with van der Waals surface area (Å²) in [6, 6.07) is 12.4. The van der Waals surface area contributed by atoms with E-state index in [1.807, 2.05) is 43.3 Å². The molecule has 1 saturated heterocycles. The van der Waals surface area contributed by atoms with E-state index < -0.39 is 0 Å². The molecule has 1 amide bonds. The molecule has 156 valence electrons. The molecule has 29 heavy (non-hydrogen) atoms. The number of carbonyl (C=O) groups is 1. The van der Waals surface area contributed by atoms with E-state index in [0.29, 0.717) is 31.2 Å². The van der Waals surface area contributed by atoms with Crippen LogP contribution >= 0.6 is 0 Å². The quantitative estimate of drug-likeness (QED) is 0.685. The van der Waals surface area contributed by atoms with Gasteiger partial charge in [-0.1, -0.05) is 24.3 Å². The maximum atomic E-state index is 14.0. The summed E-state index contributed by atoms with van der Waals surface area (Å²) in [5.74, 6) is 0.219. The van der Waals surface area contributed by atoms with Crippen molar-refractivity contribution < 1.29 is 9.18 Å². The zero-order valence-electron chi connectivity index (χ0n) is 17.4. The number of hydrogen-bond donors (Lipinski definition) is 0. The molecule has 0 aliphatic carbocycles. The molecule has 5 nitrogen and oxygen atoms in total. The van der Waals surface area contributed by atoms with Gasteiger partial charge in [-0.25, -0.2) is 4.39 Å². The Morgan fingerprint density at radius 2 is 1.97 bits per heavy atom. The first-order valence-corrected chi connectivity index (χ1v) is 10.3. The number of halogens is 1. The fourth-order valence-electron chi connectivity index (χ4n) is 3.87. The van der Waals surface area contributed by atoms with Crippen molar-refractivity contribution >= 4 is 5.91 Å². The molecule has 1 aliphatic heterocycles. The lowest BCUT2D eigenvalue weighted by Crippen LogP contribution is -2.44. The number of hydrogen-bond acceptors (Lipinski definition) is 4. The van der Waals surface area contributed by atoms with Gasteiger partial charge < -0.3 is 9.80 Å². The second-order valence-corrected chi connectivity index (χ2v) is 8.10. The van der Waals surface area contributed by atoms with Gasteiger partial charge in [-0.3, -0.25) is 14.7 Å². The van der Waals surface area contributed by atoms with E-state index in [0.717, 1.165) is 38.0 Å². The molecule has 1 aromatic carbocycles. The molecule has 0 unspecified atom stereocenters. The molecular formula is C23H31FN4O. The number of piperidine rings is 1. The van der Waals surface area contributed by atoms with Crippen LogP contribution in [-0.2, 0) is 6.54 Å². The number of likely N-dealkylation sites (N-methyl/N-ethyl adjacent to an activating group) is 1. The van der Waals surface area contributed by atoms with Crippen LogP contribution in [0, 0.1) is 11.7 Å². The zero-order chi connectivity index (χ0) is 20.6. The summed E-state index contributed by atoms with van der Waals surface area (Å²) in [5.41, 5.74) is 1.23. The van der Waals surface area contributed by atoms with Gasteiger partial charge in [-0.15, -0.1) is 0 Å². The van der Waals surface area contributed by atoms with Crippen molar-refractivity contribution in [3.05, 3.63) is 65.7 Å². The monoisotopic (exact) mass is 398 g/mol. The Morgan fingerprint density at radius 1 is 1.17 bits per heavy atom. The third kappa shape index (κ3) is 6.34. The van der Waals surface area contributed by atoms with Gasteiger partial charge in [0.05, 0.1) is 0 Å². The number of pyridine rings is 1. The van der Waals surface area contributed by atoms with Gasteiger partial charge in [0.15, 0.2) is 0 Å². The normalized spacial score (nSPS) is 17.4. The Hall–Kier alpha value is -2.31. The highest BCUT2D eigenvalue weighted by atomic mass is 19.1. The molecule has 2 heterocycles. The highest BCUT2D eigenvalue weighted by molar-refractivity contribution is 5.92. The molecule has 3 rings (SSSR count). The number of carbonyl (C=O) groups excluding carboxylic acids is 1. The second kappa shape index (κ2) is 10.5. The highest BCUT2D eigenvalue weighted by Gasteiger charge is 2.25. The molecule has 0 bridgehead atoms. The van der Waals surface area contributed by atoms with E-state index in [9.17, 15) is 9.18 Å². The van der Waals surface area contributed by atoms with Crippen molar-refractivity contribution in [2.75, 3.05) is 46.8 Å². The highest BCUT2D eigenvalue weighted by Crippen LogP contribution is 2.21. The van der Waals surface area contributed by atoms with Gasteiger partial charge in [-0.05, 0) is 57.6 Å². The lowest BCUT2D eigenvalue weighted by molar-refractivity contribution is 0.0654. The van der Waals surface area contributed by atoms with Crippen molar-refractivity contribution in [3.8, 4) is 0 Å². The van der Waals surface area contributed by atoms with Gasteiger partial charge in [0.25, 0.3) is 5.91 Å². The molecule has 2 aromatic rings. The molecule has 1 aromatic heterocycles. The van der Waals surface area contributed by atoms with Crippen molar-refractivity contribution in [2.24, 2.45) is 5.92 Å². The number of rotatable bonds is 8.